The van der Waals surface area contributed by atoms with Crippen LogP contribution in [0.1, 0.15) is 23.2 Å². The van der Waals surface area contributed by atoms with E-state index in [0.717, 1.165) is 0 Å². The summed E-state index contributed by atoms with van der Waals surface area (Å²) in [7, 11) is 0. The third-order valence-corrected chi connectivity index (χ3v) is 4.11. The zero-order chi connectivity index (χ0) is 22.5. The van der Waals surface area contributed by atoms with E-state index in [1.54, 1.807) is 12.1 Å². The number of aliphatic carboxylic acids is 2. The van der Waals surface area contributed by atoms with E-state index >= 15 is 0 Å². The molecule has 0 bridgehead atoms. The van der Waals surface area contributed by atoms with Crippen LogP contribution in [0.25, 0.3) is 11.2 Å². The lowest BCUT2D eigenvalue weighted by atomic mass is 10.1. The van der Waals surface area contributed by atoms with E-state index in [4.69, 9.17) is 15.9 Å². The zero-order valence-electron chi connectivity index (χ0n) is 15.8. The predicted octanol–water partition coefficient (Wildman–Crippen LogP) is 0.0867. The van der Waals surface area contributed by atoms with Crippen molar-refractivity contribution >= 4 is 46.5 Å². The number of nitrogens with zero attached hydrogens (tertiary/aromatic N) is 3. The van der Waals surface area contributed by atoms with Gasteiger partial charge < -0.3 is 26.6 Å². The second kappa shape index (κ2) is 8.86. The highest BCUT2D eigenvalue weighted by molar-refractivity contribution is 5.97. The van der Waals surface area contributed by atoms with Crippen LogP contribution in [-0.4, -0.2) is 54.0 Å². The number of H-pyrrole nitrogens is 1. The molecule has 3 rings (SSSR count). The number of rotatable bonds is 8. The second-order valence-electron chi connectivity index (χ2n) is 6.38. The van der Waals surface area contributed by atoms with Crippen LogP contribution in [0.3, 0.4) is 0 Å². The van der Waals surface area contributed by atoms with E-state index < -0.39 is 35.9 Å². The van der Waals surface area contributed by atoms with Gasteiger partial charge in [-0.25, -0.2) is 14.8 Å². The van der Waals surface area contributed by atoms with Crippen molar-refractivity contribution in [3.8, 4) is 0 Å². The number of benzene rings is 1. The Labute approximate surface area is 173 Å². The Hall–Kier alpha value is -4.55. The summed E-state index contributed by atoms with van der Waals surface area (Å²) >= 11 is 0. The average molecular weight is 427 g/mol. The van der Waals surface area contributed by atoms with E-state index in [1.165, 1.54) is 18.3 Å². The van der Waals surface area contributed by atoms with Gasteiger partial charge in [-0.3, -0.25) is 19.4 Å². The highest BCUT2D eigenvalue weighted by Gasteiger charge is 2.21. The Morgan fingerprint density at radius 1 is 1.13 bits per heavy atom. The number of carboxylic acids is 2. The molecule has 13 heteroatoms. The molecule has 31 heavy (non-hydrogen) atoms. The molecule has 160 valence electrons. The fraction of sp³-hybridized carbons (Fsp3) is 0.167. The molecule has 0 saturated heterocycles. The van der Waals surface area contributed by atoms with Crippen molar-refractivity contribution in [1.29, 1.82) is 0 Å². The van der Waals surface area contributed by atoms with E-state index in [0.29, 0.717) is 5.69 Å². The van der Waals surface area contributed by atoms with Gasteiger partial charge in [0.25, 0.3) is 11.5 Å². The van der Waals surface area contributed by atoms with Gasteiger partial charge in [0.2, 0.25) is 5.95 Å². The van der Waals surface area contributed by atoms with Crippen molar-refractivity contribution in [2.24, 2.45) is 0 Å². The SMILES string of the molecule is Nc1nc2ncc(Nc3ccc(C(=O)NC(CCC(=O)O)C(=O)O)cc3)nc2c(=O)[nH]1. The highest BCUT2D eigenvalue weighted by atomic mass is 16.4. The number of anilines is 3. The van der Waals surface area contributed by atoms with Crippen LogP contribution < -0.4 is 21.9 Å². The minimum absolute atomic E-state index is 0.00345. The number of carbonyl (C=O) groups excluding carboxylic acids is 1. The van der Waals surface area contributed by atoms with E-state index in [2.05, 4.69) is 30.6 Å². The van der Waals surface area contributed by atoms with Crippen LogP contribution in [0.4, 0.5) is 17.5 Å². The fourth-order valence-corrected chi connectivity index (χ4v) is 2.61. The van der Waals surface area contributed by atoms with Crippen molar-refractivity contribution in [1.82, 2.24) is 25.3 Å². The molecule has 0 radical (unpaired) electrons. The van der Waals surface area contributed by atoms with Gasteiger partial charge in [-0.15, -0.1) is 0 Å². The van der Waals surface area contributed by atoms with Crippen LogP contribution in [0.15, 0.2) is 35.3 Å². The molecule has 1 amide bonds. The van der Waals surface area contributed by atoms with Crippen LogP contribution in [0.5, 0.6) is 0 Å². The Kier molecular flexibility index (Phi) is 6.05. The highest BCUT2D eigenvalue weighted by Crippen LogP contribution is 2.16. The molecule has 0 aliphatic carbocycles. The van der Waals surface area contributed by atoms with Gasteiger partial charge >= 0.3 is 11.9 Å². The summed E-state index contributed by atoms with van der Waals surface area (Å²) < 4.78 is 0. The maximum Gasteiger partial charge on any atom is 0.326 e. The quantitative estimate of drug-likeness (QED) is 0.283. The molecule has 0 aliphatic rings. The molecule has 0 aliphatic heterocycles. The van der Waals surface area contributed by atoms with Crippen LogP contribution in [0.2, 0.25) is 0 Å². The zero-order valence-corrected chi connectivity index (χ0v) is 15.8. The van der Waals surface area contributed by atoms with E-state index in [-0.39, 0.29) is 34.9 Å². The molecule has 13 nitrogen and oxygen atoms in total. The molecule has 0 spiro atoms. The van der Waals surface area contributed by atoms with Crippen LogP contribution in [0, 0.1) is 0 Å². The predicted molar refractivity (Wildman–Crippen MR) is 108 cm³/mol. The van der Waals surface area contributed by atoms with E-state index in [9.17, 15) is 19.2 Å². The molecule has 1 atom stereocenters. The number of carboxylic acid groups (broad SMARTS) is 2. The molecule has 1 aromatic carbocycles. The topological polar surface area (TPSA) is 213 Å². The normalized spacial score (nSPS) is 11.6. The van der Waals surface area contributed by atoms with Crippen LogP contribution in [-0.2, 0) is 9.59 Å². The van der Waals surface area contributed by atoms with Crippen molar-refractivity contribution in [3.05, 3.63) is 46.4 Å². The minimum atomic E-state index is -1.33. The Balaban J connectivity index is 1.70. The first-order valence-electron chi connectivity index (χ1n) is 8.88. The summed E-state index contributed by atoms with van der Waals surface area (Å²) in [6.45, 7) is 0. The smallest absolute Gasteiger partial charge is 0.326 e. The fourth-order valence-electron chi connectivity index (χ4n) is 2.61. The average Bonchev–Trinajstić information content (AvgIpc) is 2.71. The first-order valence-corrected chi connectivity index (χ1v) is 8.88. The number of carbonyl (C=O) groups is 3. The van der Waals surface area contributed by atoms with Gasteiger partial charge in [0, 0.05) is 17.7 Å². The van der Waals surface area contributed by atoms with Crippen LogP contribution >= 0.6 is 0 Å². The number of amides is 1. The summed E-state index contributed by atoms with van der Waals surface area (Å²) in [6, 6.07) is 4.64. The first-order chi connectivity index (χ1) is 14.7. The molecule has 0 fully saturated rings. The minimum Gasteiger partial charge on any atom is -0.481 e. The van der Waals surface area contributed by atoms with Gasteiger partial charge in [-0.2, -0.15) is 4.98 Å². The number of hydrogen-bond donors (Lipinski definition) is 6. The number of aromatic nitrogens is 4. The lowest BCUT2D eigenvalue weighted by Gasteiger charge is -2.14. The van der Waals surface area contributed by atoms with Gasteiger partial charge in [0.15, 0.2) is 11.2 Å². The van der Waals surface area contributed by atoms with Crippen molar-refractivity contribution in [2.75, 3.05) is 11.1 Å². The number of nitrogen functional groups attached to an aromatic ring is 1. The molecule has 7 N–H and O–H groups in total. The summed E-state index contributed by atoms with van der Waals surface area (Å²) in [5, 5.41) is 23.0. The summed E-state index contributed by atoms with van der Waals surface area (Å²) in [6.07, 6.45) is 0.725. The molecule has 0 saturated carbocycles. The Bertz CT molecular complexity index is 1210. The van der Waals surface area contributed by atoms with Gasteiger partial charge in [-0.1, -0.05) is 0 Å². The lowest BCUT2D eigenvalue weighted by molar-refractivity contribution is -0.140. The summed E-state index contributed by atoms with van der Waals surface area (Å²) in [5.41, 5.74) is 5.70. The second-order valence-corrected chi connectivity index (χ2v) is 6.38. The number of aromatic amines is 1. The molecule has 3 aromatic rings. The summed E-state index contributed by atoms with van der Waals surface area (Å²) in [4.78, 5) is 60.4. The molecule has 2 heterocycles. The molecule has 1 unspecified atom stereocenters. The largest absolute Gasteiger partial charge is 0.481 e. The Morgan fingerprint density at radius 2 is 1.84 bits per heavy atom. The molecular formula is C18H17N7O6. The Morgan fingerprint density at radius 3 is 2.48 bits per heavy atom. The van der Waals surface area contributed by atoms with Gasteiger partial charge in [0.05, 0.1) is 6.20 Å². The first kappa shape index (κ1) is 21.2. The van der Waals surface area contributed by atoms with Crippen molar-refractivity contribution < 1.29 is 24.6 Å². The monoisotopic (exact) mass is 427 g/mol. The number of nitrogens with two attached hydrogens (primary N) is 1. The number of fused-ring (bicyclic) bond motifs is 1. The summed E-state index contributed by atoms with van der Waals surface area (Å²) in [5.74, 6) is -2.97. The molecule has 2 aromatic heterocycles. The third kappa shape index (κ3) is 5.29. The van der Waals surface area contributed by atoms with Crippen molar-refractivity contribution in [2.45, 2.75) is 18.9 Å². The maximum atomic E-state index is 12.3. The van der Waals surface area contributed by atoms with E-state index in [1.807, 2.05) is 0 Å². The third-order valence-electron chi connectivity index (χ3n) is 4.11. The standard InChI is InChI=1S/C18H17N7O6/c19-18-24-14-13(16(29)25-18)23-11(7-20-14)21-9-3-1-8(2-4-9)15(28)22-10(17(30)31)5-6-12(26)27/h1-4,7,10H,5-6H2,(H,21,23)(H,22,28)(H,26,27)(H,30,31)(H3,19,20,24,25,29). The lowest BCUT2D eigenvalue weighted by Crippen LogP contribution is -2.41. The van der Waals surface area contributed by atoms with Crippen molar-refractivity contribution in [3.63, 3.8) is 0 Å². The van der Waals surface area contributed by atoms with Gasteiger partial charge in [-0.05, 0) is 30.7 Å². The molecular weight excluding hydrogens is 410 g/mol. The number of hydrogen-bond acceptors (Lipinski definition) is 9. The van der Waals surface area contributed by atoms with Gasteiger partial charge in [0.1, 0.15) is 11.9 Å². The maximum absolute atomic E-state index is 12.3. The number of nitrogens with one attached hydrogen (secondary N) is 3.